The minimum Gasteiger partial charge on any atom is -0.399 e. The van der Waals surface area contributed by atoms with Crippen molar-refractivity contribution < 1.29 is 13.7 Å². The second-order valence-electron chi connectivity index (χ2n) is 6.85. The lowest BCUT2D eigenvalue weighted by Gasteiger charge is -2.32. The Morgan fingerprint density at radius 2 is 1.70 bits per heavy atom. The van der Waals surface area contributed by atoms with E-state index < -0.39 is 18.3 Å². The molecule has 0 bridgehead atoms. The van der Waals surface area contributed by atoms with Crippen LogP contribution in [0.5, 0.6) is 0 Å². The Balaban J connectivity index is 2.24. The van der Waals surface area contributed by atoms with Gasteiger partial charge in [-0.15, -0.1) is 6.42 Å². The lowest BCUT2D eigenvalue weighted by molar-refractivity contribution is 0.00578. The highest BCUT2D eigenvalue weighted by molar-refractivity contribution is 6.65. The fraction of sp³-hybridized carbons (Fsp3) is 0.333. The van der Waals surface area contributed by atoms with Gasteiger partial charge in [-0.1, -0.05) is 12.0 Å². The van der Waals surface area contributed by atoms with Crippen molar-refractivity contribution in [3.63, 3.8) is 0 Å². The summed E-state index contributed by atoms with van der Waals surface area (Å²) in [6.07, 6.45) is 5.56. The molecule has 0 aromatic heterocycles. The van der Waals surface area contributed by atoms with Gasteiger partial charge in [-0.2, -0.15) is 0 Å². The second-order valence-corrected chi connectivity index (χ2v) is 6.85. The maximum absolute atomic E-state index is 13.8. The van der Waals surface area contributed by atoms with Crippen LogP contribution in [0.1, 0.15) is 33.3 Å². The van der Waals surface area contributed by atoms with Crippen LogP contribution in [0.25, 0.3) is 10.8 Å². The Morgan fingerprint density at radius 3 is 2.26 bits per heavy atom. The molecule has 2 aromatic rings. The van der Waals surface area contributed by atoms with Crippen LogP contribution < -0.4 is 11.2 Å². The predicted octanol–water partition coefficient (Wildman–Crippen LogP) is 2.84. The molecule has 1 aliphatic heterocycles. The summed E-state index contributed by atoms with van der Waals surface area (Å²) >= 11 is 0. The third kappa shape index (κ3) is 2.39. The zero-order chi connectivity index (χ0) is 17.0. The number of hydrogen-bond donors (Lipinski definition) is 1. The van der Waals surface area contributed by atoms with E-state index in [1.807, 2.05) is 27.7 Å². The standard InChI is InChI=1S/C18H19BFNO2/c1-6-12-13-8-7-11(20)9-14(13)15(10-16(12)21)19-22-17(2,3)18(4,5)23-19/h1,7-10H,21H2,2-5H3. The van der Waals surface area contributed by atoms with Crippen LogP contribution in [0.15, 0.2) is 24.3 Å². The maximum atomic E-state index is 13.8. The molecule has 5 heteroatoms. The Hall–Kier alpha value is -2.03. The van der Waals surface area contributed by atoms with Gasteiger partial charge in [0.15, 0.2) is 0 Å². The zero-order valence-electron chi connectivity index (χ0n) is 13.7. The largest absolute Gasteiger partial charge is 0.495 e. The monoisotopic (exact) mass is 311 g/mol. The highest BCUT2D eigenvalue weighted by Crippen LogP contribution is 2.37. The molecule has 0 amide bonds. The summed E-state index contributed by atoms with van der Waals surface area (Å²) in [5.41, 5.74) is 6.81. The first kappa shape index (κ1) is 15.9. The molecule has 1 heterocycles. The van der Waals surface area contributed by atoms with Crippen LogP contribution in [-0.4, -0.2) is 18.3 Å². The lowest BCUT2D eigenvalue weighted by Crippen LogP contribution is -2.41. The van der Waals surface area contributed by atoms with E-state index in [1.165, 1.54) is 12.1 Å². The van der Waals surface area contributed by atoms with Crippen molar-refractivity contribution in [1.29, 1.82) is 0 Å². The summed E-state index contributed by atoms with van der Waals surface area (Å²) in [6, 6.07) is 6.18. The van der Waals surface area contributed by atoms with E-state index in [4.69, 9.17) is 21.5 Å². The van der Waals surface area contributed by atoms with E-state index in [-0.39, 0.29) is 5.82 Å². The minimum atomic E-state index is -0.626. The molecule has 2 aromatic carbocycles. The summed E-state index contributed by atoms with van der Waals surface area (Å²) < 4.78 is 25.9. The first-order chi connectivity index (χ1) is 10.7. The van der Waals surface area contributed by atoms with Gasteiger partial charge in [-0.05, 0) is 62.1 Å². The van der Waals surface area contributed by atoms with Crippen molar-refractivity contribution in [2.45, 2.75) is 38.9 Å². The van der Waals surface area contributed by atoms with Gasteiger partial charge >= 0.3 is 7.12 Å². The van der Waals surface area contributed by atoms with Gasteiger partial charge in [-0.3, -0.25) is 0 Å². The lowest BCUT2D eigenvalue weighted by atomic mass is 9.75. The van der Waals surface area contributed by atoms with Gasteiger partial charge in [0.2, 0.25) is 0 Å². The van der Waals surface area contributed by atoms with Crippen LogP contribution in [0, 0.1) is 18.2 Å². The number of nitrogens with two attached hydrogens (primary N) is 1. The number of benzene rings is 2. The van der Waals surface area contributed by atoms with E-state index in [9.17, 15) is 4.39 Å². The summed E-state index contributed by atoms with van der Waals surface area (Å²) in [6.45, 7) is 7.87. The molecule has 0 unspecified atom stereocenters. The predicted molar refractivity (Wildman–Crippen MR) is 92.0 cm³/mol. The molecule has 0 spiro atoms. The molecule has 1 saturated heterocycles. The second kappa shape index (κ2) is 4.99. The van der Waals surface area contributed by atoms with Crippen LogP contribution in [0.2, 0.25) is 0 Å². The van der Waals surface area contributed by atoms with Crippen molar-refractivity contribution in [2.75, 3.05) is 5.73 Å². The van der Waals surface area contributed by atoms with Crippen molar-refractivity contribution in [2.24, 2.45) is 0 Å². The molecule has 118 valence electrons. The van der Waals surface area contributed by atoms with Crippen LogP contribution in [-0.2, 0) is 9.31 Å². The molecule has 0 atom stereocenters. The number of nitrogen functional groups attached to an aromatic ring is 1. The van der Waals surface area contributed by atoms with Crippen LogP contribution in [0.3, 0.4) is 0 Å². The molecule has 0 aliphatic carbocycles. The third-order valence-corrected chi connectivity index (χ3v) is 4.81. The smallest absolute Gasteiger partial charge is 0.399 e. The molecule has 0 radical (unpaired) electrons. The number of hydrogen-bond acceptors (Lipinski definition) is 3. The number of rotatable bonds is 1. The normalized spacial score (nSPS) is 19.0. The summed E-state index contributed by atoms with van der Waals surface area (Å²) in [5, 5.41) is 1.38. The molecular weight excluding hydrogens is 292 g/mol. The van der Waals surface area contributed by atoms with E-state index in [0.29, 0.717) is 22.1 Å². The fourth-order valence-electron chi connectivity index (χ4n) is 2.77. The molecule has 0 saturated carbocycles. The van der Waals surface area contributed by atoms with E-state index in [1.54, 1.807) is 12.1 Å². The maximum Gasteiger partial charge on any atom is 0.495 e. The highest BCUT2D eigenvalue weighted by atomic mass is 19.1. The number of fused-ring (bicyclic) bond motifs is 1. The zero-order valence-corrected chi connectivity index (χ0v) is 13.7. The Labute approximate surface area is 136 Å². The number of anilines is 1. The van der Waals surface area contributed by atoms with E-state index >= 15 is 0 Å². The summed E-state index contributed by atoms with van der Waals surface area (Å²) in [5.74, 6) is 2.23. The first-order valence-corrected chi connectivity index (χ1v) is 7.50. The number of terminal acetylenes is 1. The first-order valence-electron chi connectivity index (χ1n) is 7.50. The quantitative estimate of drug-likeness (QED) is 0.500. The minimum absolute atomic E-state index is 0.344. The highest BCUT2D eigenvalue weighted by Gasteiger charge is 2.52. The van der Waals surface area contributed by atoms with Crippen molar-refractivity contribution in [3.05, 3.63) is 35.6 Å². The Morgan fingerprint density at radius 1 is 1.09 bits per heavy atom. The van der Waals surface area contributed by atoms with Crippen molar-refractivity contribution >= 4 is 29.0 Å². The van der Waals surface area contributed by atoms with Gasteiger partial charge in [0.25, 0.3) is 0 Å². The van der Waals surface area contributed by atoms with Crippen LogP contribution in [0.4, 0.5) is 10.1 Å². The number of halogens is 1. The van der Waals surface area contributed by atoms with Gasteiger partial charge in [0.1, 0.15) is 5.82 Å². The molecule has 1 fully saturated rings. The topological polar surface area (TPSA) is 44.5 Å². The van der Waals surface area contributed by atoms with E-state index in [0.717, 1.165) is 5.39 Å². The Kier molecular flexibility index (Phi) is 3.44. The molecule has 3 nitrogen and oxygen atoms in total. The molecule has 1 aliphatic rings. The van der Waals surface area contributed by atoms with Gasteiger partial charge in [0, 0.05) is 5.69 Å². The van der Waals surface area contributed by atoms with E-state index in [2.05, 4.69) is 5.92 Å². The van der Waals surface area contributed by atoms with Gasteiger partial charge in [-0.25, -0.2) is 4.39 Å². The molecular formula is C18H19BFNO2. The van der Waals surface area contributed by atoms with Gasteiger partial charge in [0.05, 0.1) is 16.8 Å². The third-order valence-electron chi connectivity index (χ3n) is 4.81. The molecule has 23 heavy (non-hydrogen) atoms. The molecule has 3 rings (SSSR count). The summed E-state index contributed by atoms with van der Waals surface area (Å²) in [4.78, 5) is 0. The average Bonchev–Trinajstić information content (AvgIpc) is 2.67. The van der Waals surface area contributed by atoms with Crippen molar-refractivity contribution in [1.82, 2.24) is 0 Å². The SMILES string of the molecule is C#Cc1c(N)cc(B2OC(C)(C)C(C)(C)O2)c2cc(F)ccc12. The molecule has 2 N–H and O–H groups in total. The Bertz CT molecular complexity index is 823. The average molecular weight is 311 g/mol. The van der Waals surface area contributed by atoms with Crippen LogP contribution >= 0.6 is 0 Å². The summed E-state index contributed by atoms with van der Waals surface area (Å²) in [7, 11) is -0.626. The van der Waals surface area contributed by atoms with Crippen molar-refractivity contribution in [3.8, 4) is 12.3 Å². The van der Waals surface area contributed by atoms with Gasteiger partial charge < -0.3 is 15.0 Å². The fourth-order valence-corrected chi connectivity index (χ4v) is 2.77.